The SMILES string of the molecule is COc1ccc([N+](=O)[O-])c(C#N)c1Cl. The molecule has 0 aliphatic carbocycles. The third-order valence-electron chi connectivity index (χ3n) is 1.61. The van der Waals surface area contributed by atoms with Crippen LogP contribution in [-0.4, -0.2) is 12.0 Å². The summed E-state index contributed by atoms with van der Waals surface area (Å²) in [7, 11) is 1.37. The van der Waals surface area contributed by atoms with Crippen molar-refractivity contribution < 1.29 is 9.66 Å². The van der Waals surface area contributed by atoms with Gasteiger partial charge in [0.15, 0.2) is 5.56 Å². The number of ether oxygens (including phenoxy) is 1. The summed E-state index contributed by atoms with van der Waals surface area (Å²) in [6.07, 6.45) is 0. The maximum absolute atomic E-state index is 10.5. The number of hydrogen-bond acceptors (Lipinski definition) is 4. The summed E-state index contributed by atoms with van der Waals surface area (Å²) in [5.41, 5.74) is -0.505. The highest BCUT2D eigenvalue weighted by Crippen LogP contribution is 2.33. The van der Waals surface area contributed by atoms with Gasteiger partial charge in [0.05, 0.1) is 12.0 Å². The Morgan fingerprint density at radius 1 is 1.64 bits per heavy atom. The molecule has 0 fully saturated rings. The molecule has 0 aliphatic rings. The van der Waals surface area contributed by atoms with E-state index in [9.17, 15) is 10.1 Å². The van der Waals surface area contributed by atoms with E-state index in [0.717, 1.165) is 0 Å². The van der Waals surface area contributed by atoms with E-state index >= 15 is 0 Å². The van der Waals surface area contributed by atoms with Crippen LogP contribution in [-0.2, 0) is 0 Å². The van der Waals surface area contributed by atoms with Crippen molar-refractivity contribution in [3.63, 3.8) is 0 Å². The summed E-state index contributed by atoms with van der Waals surface area (Å²) in [5.74, 6) is 0.244. The van der Waals surface area contributed by atoms with Gasteiger partial charge in [-0.25, -0.2) is 0 Å². The van der Waals surface area contributed by atoms with Crippen LogP contribution in [0.2, 0.25) is 5.02 Å². The molecular formula is C8H5ClN2O3. The molecule has 0 saturated carbocycles. The Hall–Kier alpha value is -1.80. The van der Waals surface area contributed by atoms with Crippen LogP contribution in [0.4, 0.5) is 5.69 Å². The van der Waals surface area contributed by atoms with Crippen molar-refractivity contribution in [3.8, 4) is 11.8 Å². The first-order valence-corrected chi connectivity index (χ1v) is 3.90. The first kappa shape index (κ1) is 10.3. The first-order valence-electron chi connectivity index (χ1n) is 3.52. The molecule has 0 unspecified atom stereocenters. The number of nitro benzene ring substituents is 1. The fourth-order valence-corrected chi connectivity index (χ4v) is 1.24. The van der Waals surface area contributed by atoms with Gasteiger partial charge in [0.2, 0.25) is 0 Å². The van der Waals surface area contributed by atoms with Crippen molar-refractivity contribution in [2.45, 2.75) is 0 Å². The molecule has 0 spiro atoms. The van der Waals surface area contributed by atoms with E-state index < -0.39 is 4.92 Å². The Labute approximate surface area is 84.6 Å². The van der Waals surface area contributed by atoms with Crippen LogP contribution in [0, 0.1) is 21.4 Å². The molecule has 1 aromatic carbocycles. The molecule has 0 amide bonds. The maximum Gasteiger partial charge on any atom is 0.288 e. The molecule has 0 saturated heterocycles. The number of hydrogen-bond donors (Lipinski definition) is 0. The van der Waals surface area contributed by atoms with Gasteiger partial charge in [-0.1, -0.05) is 11.6 Å². The van der Waals surface area contributed by atoms with Crippen molar-refractivity contribution in [3.05, 3.63) is 32.8 Å². The van der Waals surface area contributed by atoms with Crippen LogP contribution >= 0.6 is 11.6 Å². The van der Waals surface area contributed by atoms with Gasteiger partial charge in [-0.2, -0.15) is 5.26 Å². The van der Waals surface area contributed by atoms with Crippen molar-refractivity contribution in [2.24, 2.45) is 0 Å². The topological polar surface area (TPSA) is 76.2 Å². The zero-order valence-corrected chi connectivity index (χ0v) is 7.91. The summed E-state index contributed by atoms with van der Waals surface area (Å²) >= 11 is 5.71. The van der Waals surface area contributed by atoms with E-state index in [2.05, 4.69) is 0 Å². The zero-order valence-electron chi connectivity index (χ0n) is 7.15. The Morgan fingerprint density at radius 3 is 2.71 bits per heavy atom. The fraction of sp³-hybridized carbons (Fsp3) is 0.125. The first-order chi connectivity index (χ1) is 6.61. The summed E-state index contributed by atoms with van der Waals surface area (Å²) in [6.45, 7) is 0. The Bertz CT molecular complexity index is 425. The molecule has 0 radical (unpaired) electrons. The molecular weight excluding hydrogens is 208 g/mol. The summed E-state index contributed by atoms with van der Waals surface area (Å²) in [6, 6.07) is 4.20. The molecule has 0 atom stereocenters. The van der Waals surface area contributed by atoms with E-state index in [1.807, 2.05) is 0 Å². The molecule has 14 heavy (non-hydrogen) atoms. The minimum absolute atomic E-state index is 0.0378. The average molecular weight is 213 g/mol. The molecule has 0 aromatic heterocycles. The number of nitro groups is 1. The Balaban J connectivity index is 3.45. The minimum atomic E-state index is -0.663. The van der Waals surface area contributed by atoms with Crippen LogP contribution in [0.1, 0.15) is 5.56 Å². The lowest BCUT2D eigenvalue weighted by atomic mass is 10.2. The van der Waals surface area contributed by atoms with Crippen molar-refractivity contribution in [1.29, 1.82) is 5.26 Å². The molecule has 0 heterocycles. The summed E-state index contributed by atoms with van der Waals surface area (Å²) in [5, 5.41) is 19.1. The molecule has 72 valence electrons. The number of halogens is 1. The van der Waals surface area contributed by atoms with Crippen molar-refractivity contribution in [1.82, 2.24) is 0 Å². The molecule has 0 bridgehead atoms. The number of methoxy groups -OCH3 is 1. The fourth-order valence-electron chi connectivity index (χ4n) is 0.963. The van der Waals surface area contributed by atoms with Crippen LogP contribution in [0.25, 0.3) is 0 Å². The molecule has 5 nitrogen and oxygen atoms in total. The van der Waals surface area contributed by atoms with E-state index in [4.69, 9.17) is 21.6 Å². The van der Waals surface area contributed by atoms with Crippen LogP contribution < -0.4 is 4.74 Å². The Kier molecular flexibility index (Phi) is 2.89. The van der Waals surface area contributed by atoms with Gasteiger partial charge < -0.3 is 4.74 Å². The third kappa shape index (κ3) is 1.60. The van der Waals surface area contributed by atoms with Gasteiger partial charge in [0, 0.05) is 6.07 Å². The second kappa shape index (κ2) is 3.94. The lowest BCUT2D eigenvalue weighted by Gasteiger charge is -2.03. The van der Waals surface area contributed by atoms with Gasteiger partial charge in [0.1, 0.15) is 16.8 Å². The maximum atomic E-state index is 10.5. The second-order valence-corrected chi connectivity index (χ2v) is 2.72. The molecule has 0 N–H and O–H groups in total. The van der Waals surface area contributed by atoms with Gasteiger partial charge in [-0.15, -0.1) is 0 Å². The van der Waals surface area contributed by atoms with Gasteiger partial charge in [0.25, 0.3) is 5.69 Å². The molecule has 1 rings (SSSR count). The van der Waals surface area contributed by atoms with Crippen LogP contribution in [0.5, 0.6) is 5.75 Å². The lowest BCUT2D eigenvalue weighted by molar-refractivity contribution is -0.385. The normalized spacial score (nSPS) is 9.21. The lowest BCUT2D eigenvalue weighted by Crippen LogP contribution is -1.95. The summed E-state index contributed by atoms with van der Waals surface area (Å²) < 4.78 is 4.82. The highest BCUT2D eigenvalue weighted by molar-refractivity contribution is 6.33. The zero-order chi connectivity index (χ0) is 10.7. The van der Waals surface area contributed by atoms with E-state index in [1.54, 1.807) is 6.07 Å². The molecule has 6 heteroatoms. The van der Waals surface area contributed by atoms with Crippen molar-refractivity contribution >= 4 is 17.3 Å². The van der Waals surface area contributed by atoms with Gasteiger partial charge >= 0.3 is 0 Å². The number of rotatable bonds is 2. The third-order valence-corrected chi connectivity index (χ3v) is 1.99. The van der Waals surface area contributed by atoms with Crippen molar-refractivity contribution in [2.75, 3.05) is 7.11 Å². The molecule has 1 aromatic rings. The largest absolute Gasteiger partial charge is 0.495 e. The number of nitrogens with zero attached hydrogens (tertiary/aromatic N) is 2. The number of nitriles is 1. The highest BCUT2D eigenvalue weighted by atomic mass is 35.5. The van der Waals surface area contributed by atoms with Gasteiger partial charge in [-0.05, 0) is 6.07 Å². The standard InChI is InChI=1S/C8H5ClN2O3/c1-14-7-3-2-6(11(12)13)5(4-10)8(7)9/h2-3H,1H3. The monoisotopic (exact) mass is 212 g/mol. The van der Waals surface area contributed by atoms with E-state index in [1.165, 1.54) is 19.2 Å². The number of benzene rings is 1. The minimum Gasteiger partial charge on any atom is -0.495 e. The van der Waals surface area contributed by atoms with E-state index in [-0.39, 0.29) is 22.0 Å². The smallest absolute Gasteiger partial charge is 0.288 e. The molecule has 0 aliphatic heterocycles. The highest BCUT2D eigenvalue weighted by Gasteiger charge is 2.19. The predicted molar refractivity (Wildman–Crippen MR) is 49.4 cm³/mol. The second-order valence-electron chi connectivity index (χ2n) is 2.34. The Morgan fingerprint density at radius 2 is 2.29 bits per heavy atom. The van der Waals surface area contributed by atoms with Gasteiger partial charge in [-0.3, -0.25) is 10.1 Å². The van der Waals surface area contributed by atoms with E-state index in [0.29, 0.717) is 0 Å². The quantitative estimate of drug-likeness (QED) is 0.556. The summed E-state index contributed by atoms with van der Waals surface area (Å²) in [4.78, 5) is 9.82. The average Bonchev–Trinajstić information content (AvgIpc) is 2.17. The van der Waals surface area contributed by atoms with Crippen LogP contribution in [0.3, 0.4) is 0 Å². The predicted octanol–water partition coefficient (Wildman–Crippen LogP) is 2.13. The van der Waals surface area contributed by atoms with Crippen LogP contribution in [0.15, 0.2) is 12.1 Å².